The molecule has 1 aromatic rings. The number of Topliss-reactive ketones (excluding diaryl/α,β-unsaturated/α-hetero) is 1. The number of ketones is 1. The molecule has 88 valence electrons. The van der Waals surface area contributed by atoms with Crippen LogP contribution in [0.25, 0.3) is 0 Å². The Balaban J connectivity index is 1.80. The highest BCUT2D eigenvalue weighted by Gasteiger charge is 2.22. The molecule has 1 saturated heterocycles. The number of carbonyl (C=O) groups is 1. The van der Waals surface area contributed by atoms with E-state index >= 15 is 0 Å². The Labute approximate surface area is 96.2 Å². The molecule has 0 radical (unpaired) electrons. The van der Waals surface area contributed by atoms with Crippen LogP contribution in [-0.4, -0.2) is 40.1 Å². The number of rotatable bonds is 3. The smallest absolute Gasteiger partial charge is 0.138 e. The van der Waals surface area contributed by atoms with E-state index in [-0.39, 0.29) is 5.92 Å². The van der Waals surface area contributed by atoms with Crippen molar-refractivity contribution in [1.82, 2.24) is 14.7 Å². The maximum Gasteiger partial charge on any atom is 0.138 e. The van der Waals surface area contributed by atoms with E-state index in [1.165, 1.54) is 5.56 Å². The van der Waals surface area contributed by atoms with Crippen molar-refractivity contribution in [1.29, 1.82) is 0 Å². The predicted octanol–water partition coefficient (Wildman–Crippen LogP) is 0.873. The van der Waals surface area contributed by atoms with Crippen molar-refractivity contribution in [3.05, 3.63) is 18.0 Å². The van der Waals surface area contributed by atoms with Gasteiger partial charge in [0.05, 0.1) is 6.20 Å². The molecule has 0 aliphatic carbocycles. The van der Waals surface area contributed by atoms with Crippen molar-refractivity contribution in [2.24, 2.45) is 13.0 Å². The number of hydrogen-bond acceptors (Lipinski definition) is 3. The van der Waals surface area contributed by atoms with Gasteiger partial charge in [-0.1, -0.05) is 6.92 Å². The van der Waals surface area contributed by atoms with Gasteiger partial charge in [-0.05, 0) is 12.0 Å². The van der Waals surface area contributed by atoms with E-state index in [1.807, 2.05) is 24.9 Å². The SMILES string of the molecule is CC1CN(CCc2cnn(C)c2)CCC1=O. The number of aryl methyl sites for hydroxylation is 1. The van der Waals surface area contributed by atoms with Crippen LogP contribution in [0.2, 0.25) is 0 Å². The van der Waals surface area contributed by atoms with Gasteiger partial charge in [-0.2, -0.15) is 5.10 Å². The first-order valence-corrected chi connectivity index (χ1v) is 5.88. The van der Waals surface area contributed by atoms with Crippen LogP contribution in [0.3, 0.4) is 0 Å². The lowest BCUT2D eigenvalue weighted by Crippen LogP contribution is -2.40. The van der Waals surface area contributed by atoms with Gasteiger partial charge in [0.2, 0.25) is 0 Å². The lowest BCUT2D eigenvalue weighted by molar-refractivity contribution is -0.125. The van der Waals surface area contributed by atoms with E-state index in [4.69, 9.17) is 0 Å². The molecule has 0 amide bonds. The molecule has 1 fully saturated rings. The topological polar surface area (TPSA) is 38.1 Å². The normalized spacial score (nSPS) is 22.6. The molecular formula is C12H19N3O. The summed E-state index contributed by atoms with van der Waals surface area (Å²) in [4.78, 5) is 13.8. The monoisotopic (exact) mass is 221 g/mol. The first-order valence-electron chi connectivity index (χ1n) is 5.88. The van der Waals surface area contributed by atoms with E-state index in [0.29, 0.717) is 12.2 Å². The van der Waals surface area contributed by atoms with Crippen molar-refractivity contribution in [2.75, 3.05) is 19.6 Å². The van der Waals surface area contributed by atoms with E-state index in [1.54, 1.807) is 0 Å². The lowest BCUT2D eigenvalue weighted by Gasteiger charge is -2.29. The summed E-state index contributed by atoms with van der Waals surface area (Å²) in [6.45, 7) is 4.89. The molecule has 1 atom stereocenters. The number of piperidine rings is 1. The second kappa shape index (κ2) is 4.78. The molecule has 1 aliphatic heterocycles. The van der Waals surface area contributed by atoms with Gasteiger partial charge in [-0.25, -0.2) is 0 Å². The molecule has 0 N–H and O–H groups in total. The fourth-order valence-electron chi connectivity index (χ4n) is 2.19. The standard InChI is InChI=1S/C12H19N3O/c1-10-8-15(6-4-12(10)16)5-3-11-7-13-14(2)9-11/h7,9-10H,3-6,8H2,1-2H3. The van der Waals surface area contributed by atoms with Gasteiger partial charge >= 0.3 is 0 Å². The minimum atomic E-state index is 0.211. The molecule has 4 heteroatoms. The van der Waals surface area contributed by atoms with Gasteiger partial charge in [-0.15, -0.1) is 0 Å². The average Bonchev–Trinajstić information content (AvgIpc) is 2.66. The molecule has 16 heavy (non-hydrogen) atoms. The van der Waals surface area contributed by atoms with E-state index in [9.17, 15) is 4.79 Å². The van der Waals surface area contributed by atoms with Crippen LogP contribution in [0.4, 0.5) is 0 Å². The lowest BCUT2D eigenvalue weighted by atomic mass is 9.98. The Morgan fingerprint density at radius 1 is 1.56 bits per heavy atom. The fourth-order valence-corrected chi connectivity index (χ4v) is 2.19. The molecule has 1 aliphatic rings. The Morgan fingerprint density at radius 3 is 3.00 bits per heavy atom. The molecule has 0 saturated carbocycles. The first kappa shape index (κ1) is 11.3. The van der Waals surface area contributed by atoms with Crippen LogP contribution in [0, 0.1) is 5.92 Å². The zero-order chi connectivity index (χ0) is 11.5. The molecule has 1 unspecified atom stereocenters. The summed E-state index contributed by atoms with van der Waals surface area (Å²) < 4.78 is 1.83. The summed E-state index contributed by atoms with van der Waals surface area (Å²) in [5, 5.41) is 4.15. The largest absolute Gasteiger partial charge is 0.302 e. The highest BCUT2D eigenvalue weighted by molar-refractivity contribution is 5.81. The third-order valence-corrected chi connectivity index (χ3v) is 3.23. The Kier molecular flexibility index (Phi) is 3.39. The van der Waals surface area contributed by atoms with Crippen molar-refractivity contribution >= 4 is 5.78 Å². The highest BCUT2D eigenvalue weighted by atomic mass is 16.1. The molecule has 1 aromatic heterocycles. The minimum absolute atomic E-state index is 0.211. The van der Waals surface area contributed by atoms with Gasteiger partial charge in [0.25, 0.3) is 0 Å². The zero-order valence-corrected chi connectivity index (χ0v) is 10.0. The summed E-state index contributed by atoms with van der Waals surface area (Å²) >= 11 is 0. The van der Waals surface area contributed by atoms with Crippen LogP contribution in [0.5, 0.6) is 0 Å². The van der Waals surface area contributed by atoms with Gasteiger partial charge in [0, 0.05) is 45.2 Å². The van der Waals surface area contributed by atoms with Gasteiger partial charge in [0.15, 0.2) is 0 Å². The maximum absolute atomic E-state index is 11.4. The van der Waals surface area contributed by atoms with E-state index in [0.717, 1.165) is 26.1 Å². The van der Waals surface area contributed by atoms with Gasteiger partial charge in [-0.3, -0.25) is 9.48 Å². The molecule has 2 rings (SSSR count). The van der Waals surface area contributed by atoms with Gasteiger partial charge < -0.3 is 4.90 Å². The number of carbonyl (C=O) groups excluding carboxylic acids is 1. The van der Waals surface area contributed by atoms with Crippen LogP contribution in [-0.2, 0) is 18.3 Å². The molecule has 0 spiro atoms. The molecular weight excluding hydrogens is 202 g/mol. The quantitative estimate of drug-likeness (QED) is 0.760. The van der Waals surface area contributed by atoms with Crippen LogP contribution < -0.4 is 0 Å². The van der Waals surface area contributed by atoms with Crippen molar-refractivity contribution in [3.8, 4) is 0 Å². The van der Waals surface area contributed by atoms with Crippen LogP contribution in [0.15, 0.2) is 12.4 Å². The third kappa shape index (κ3) is 2.70. The second-order valence-corrected chi connectivity index (χ2v) is 4.69. The maximum atomic E-state index is 11.4. The summed E-state index contributed by atoms with van der Waals surface area (Å²) in [7, 11) is 1.94. The summed E-state index contributed by atoms with van der Waals surface area (Å²) in [6, 6.07) is 0. The third-order valence-electron chi connectivity index (χ3n) is 3.23. The Morgan fingerprint density at radius 2 is 2.38 bits per heavy atom. The predicted molar refractivity (Wildman–Crippen MR) is 62.1 cm³/mol. The highest BCUT2D eigenvalue weighted by Crippen LogP contribution is 2.12. The van der Waals surface area contributed by atoms with Crippen LogP contribution >= 0.6 is 0 Å². The van der Waals surface area contributed by atoms with Crippen LogP contribution in [0.1, 0.15) is 18.9 Å². The number of aromatic nitrogens is 2. The summed E-state index contributed by atoms with van der Waals surface area (Å²) in [5.41, 5.74) is 1.27. The first-order chi connectivity index (χ1) is 7.65. The van der Waals surface area contributed by atoms with Crippen molar-refractivity contribution in [2.45, 2.75) is 19.8 Å². The summed E-state index contributed by atoms with van der Waals surface area (Å²) in [5.74, 6) is 0.625. The van der Waals surface area contributed by atoms with E-state index in [2.05, 4.69) is 16.2 Å². The Hall–Kier alpha value is -1.16. The van der Waals surface area contributed by atoms with E-state index < -0.39 is 0 Å². The van der Waals surface area contributed by atoms with Crippen molar-refractivity contribution in [3.63, 3.8) is 0 Å². The Bertz CT molecular complexity index is 372. The molecule has 2 heterocycles. The number of hydrogen-bond donors (Lipinski definition) is 0. The second-order valence-electron chi connectivity index (χ2n) is 4.69. The average molecular weight is 221 g/mol. The molecule has 0 bridgehead atoms. The summed E-state index contributed by atoms with van der Waals surface area (Å²) in [6.07, 6.45) is 5.71. The van der Waals surface area contributed by atoms with Gasteiger partial charge in [0.1, 0.15) is 5.78 Å². The minimum Gasteiger partial charge on any atom is -0.302 e. The zero-order valence-electron chi connectivity index (χ0n) is 10.0. The fraction of sp³-hybridized carbons (Fsp3) is 0.667. The van der Waals surface area contributed by atoms with Crippen molar-refractivity contribution < 1.29 is 4.79 Å². The number of likely N-dealkylation sites (tertiary alicyclic amines) is 1. The molecule has 4 nitrogen and oxygen atoms in total. The molecule has 0 aromatic carbocycles. The number of nitrogens with zero attached hydrogens (tertiary/aromatic N) is 3.